The van der Waals surface area contributed by atoms with Crippen LogP contribution in [-0.4, -0.2) is 33.0 Å². The zero-order chi connectivity index (χ0) is 23.5. The third kappa shape index (κ3) is 4.69. The average molecular weight is 504 g/mol. The number of para-hydroxylation sites is 2. The molecule has 2 aromatic carbocycles. The molecule has 0 spiro atoms. The molecule has 0 radical (unpaired) electrons. The number of carbonyl (C=O) groups excluding carboxylic acids is 1. The van der Waals surface area contributed by atoms with Crippen LogP contribution in [-0.2, 0) is 4.79 Å². The molecule has 1 unspecified atom stereocenters. The van der Waals surface area contributed by atoms with E-state index in [0.717, 1.165) is 5.75 Å². The SMILES string of the molecule is CCOc1ccccc1NC(=O)C1=C(C)Nc2nc(SCC)nn2C1c1c(Cl)cccc1Cl. The highest BCUT2D eigenvalue weighted by atomic mass is 35.5. The molecule has 0 saturated carbocycles. The predicted octanol–water partition coefficient (Wildman–Crippen LogP) is 6.02. The first-order valence-electron chi connectivity index (χ1n) is 10.5. The summed E-state index contributed by atoms with van der Waals surface area (Å²) in [5.74, 6) is 1.61. The number of fused-ring (bicyclic) bond motifs is 1. The summed E-state index contributed by atoms with van der Waals surface area (Å²) in [6.45, 7) is 6.22. The third-order valence-electron chi connectivity index (χ3n) is 5.06. The van der Waals surface area contributed by atoms with E-state index >= 15 is 0 Å². The Morgan fingerprint density at radius 1 is 1.18 bits per heavy atom. The van der Waals surface area contributed by atoms with Crippen molar-refractivity contribution in [2.75, 3.05) is 23.0 Å². The Kier molecular flexibility index (Phi) is 7.17. The largest absolute Gasteiger partial charge is 0.492 e. The number of nitrogens with zero attached hydrogens (tertiary/aromatic N) is 3. The Hall–Kier alpha value is -2.68. The van der Waals surface area contributed by atoms with Gasteiger partial charge in [-0.2, -0.15) is 4.98 Å². The molecule has 10 heteroatoms. The summed E-state index contributed by atoms with van der Waals surface area (Å²) < 4.78 is 7.34. The second-order valence-electron chi connectivity index (χ2n) is 7.18. The molecule has 1 atom stereocenters. The standard InChI is InChI=1S/C23H23Cl2N5O2S/c1-4-32-17-12-7-6-11-16(17)27-21(31)18-13(3)26-22-28-23(33-5-2)29-30(22)20(18)19-14(24)9-8-10-15(19)25/h6-12,20H,4-5H2,1-3H3,(H,27,31)(H,26,28,29). The molecule has 2 N–H and O–H groups in total. The van der Waals surface area contributed by atoms with Crippen molar-refractivity contribution in [1.29, 1.82) is 0 Å². The van der Waals surface area contributed by atoms with Gasteiger partial charge < -0.3 is 15.4 Å². The van der Waals surface area contributed by atoms with E-state index in [4.69, 9.17) is 27.9 Å². The molecule has 1 amide bonds. The van der Waals surface area contributed by atoms with E-state index in [0.29, 0.717) is 56.0 Å². The van der Waals surface area contributed by atoms with Crippen LogP contribution >= 0.6 is 35.0 Å². The number of rotatable bonds is 7. The Balaban J connectivity index is 1.82. The van der Waals surface area contributed by atoms with Gasteiger partial charge >= 0.3 is 0 Å². The van der Waals surface area contributed by atoms with Gasteiger partial charge in [-0.3, -0.25) is 4.79 Å². The van der Waals surface area contributed by atoms with E-state index < -0.39 is 6.04 Å². The number of anilines is 2. The smallest absolute Gasteiger partial charge is 0.255 e. The molecule has 1 aliphatic heterocycles. The van der Waals surface area contributed by atoms with Gasteiger partial charge in [0.15, 0.2) is 0 Å². The molecule has 7 nitrogen and oxygen atoms in total. The number of ether oxygens (including phenoxy) is 1. The van der Waals surface area contributed by atoms with Crippen LogP contribution in [0.4, 0.5) is 11.6 Å². The summed E-state index contributed by atoms with van der Waals surface area (Å²) in [7, 11) is 0. The van der Waals surface area contributed by atoms with Crippen molar-refractivity contribution in [3.63, 3.8) is 0 Å². The van der Waals surface area contributed by atoms with Crippen LogP contribution in [0.5, 0.6) is 5.75 Å². The van der Waals surface area contributed by atoms with E-state index in [1.165, 1.54) is 11.8 Å². The number of halogens is 2. The van der Waals surface area contributed by atoms with Crippen molar-refractivity contribution in [3.8, 4) is 5.75 Å². The second kappa shape index (κ2) is 10.1. The van der Waals surface area contributed by atoms with Gasteiger partial charge in [-0.25, -0.2) is 4.68 Å². The highest BCUT2D eigenvalue weighted by Gasteiger charge is 2.36. The van der Waals surface area contributed by atoms with Gasteiger partial charge in [0.1, 0.15) is 11.8 Å². The van der Waals surface area contributed by atoms with Gasteiger partial charge in [-0.05, 0) is 43.9 Å². The van der Waals surface area contributed by atoms with Crippen LogP contribution in [0.2, 0.25) is 10.0 Å². The summed E-state index contributed by atoms with van der Waals surface area (Å²) in [6, 6.07) is 11.9. The topological polar surface area (TPSA) is 81.1 Å². The third-order valence-corrected chi connectivity index (χ3v) is 6.44. The van der Waals surface area contributed by atoms with Crippen molar-refractivity contribution in [2.45, 2.75) is 32.0 Å². The molecule has 0 saturated heterocycles. The van der Waals surface area contributed by atoms with Gasteiger partial charge in [0.25, 0.3) is 5.91 Å². The lowest BCUT2D eigenvalue weighted by Crippen LogP contribution is -2.32. The Morgan fingerprint density at radius 3 is 2.61 bits per heavy atom. The Bertz CT molecular complexity index is 1210. The van der Waals surface area contributed by atoms with Crippen molar-refractivity contribution < 1.29 is 9.53 Å². The van der Waals surface area contributed by atoms with Gasteiger partial charge in [0.05, 0.1) is 17.9 Å². The molecule has 4 rings (SSSR count). The van der Waals surface area contributed by atoms with Crippen LogP contribution in [0.25, 0.3) is 0 Å². The molecule has 0 aliphatic carbocycles. The molecular formula is C23H23Cl2N5O2S. The molecule has 1 aliphatic rings. The van der Waals surface area contributed by atoms with Gasteiger partial charge in [-0.1, -0.05) is 60.1 Å². The molecule has 0 bridgehead atoms. The lowest BCUT2D eigenvalue weighted by Gasteiger charge is -2.29. The van der Waals surface area contributed by atoms with E-state index in [1.807, 2.05) is 39.0 Å². The van der Waals surface area contributed by atoms with Gasteiger partial charge in [0, 0.05) is 21.3 Å². The van der Waals surface area contributed by atoms with E-state index in [9.17, 15) is 4.79 Å². The molecule has 1 aromatic heterocycles. The monoisotopic (exact) mass is 503 g/mol. The van der Waals surface area contributed by atoms with Crippen LogP contribution in [0.1, 0.15) is 32.4 Å². The first kappa shape index (κ1) is 23.5. The quantitative estimate of drug-likeness (QED) is 0.383. The number of allylic oxidation sites excluding steroid dienone is 1. The van der Waals surface area contributed by atoms with Crippen molar-refractivity contribution in [3.05, 3.63) is 69.3 Å². The van der Waals surface area contributed by atoms with E-state index in [2.05, 4.69) is 20.7 Å². The van der Waals surface area contributed by atoms with Crippen LogP contribution < -0.4 is 15.4 Å². The van der Waals surface area contributed by atoms with Gasteiger partial charge in [-0.15, -0.1) is 5.10 Å². The molecule has 33 heavy (non-hydrogen) atoms. The number of hydrogen-bond acceptors (Lipinski definition) is 6. The second-order valence-corrected chi connectivity index (χ2v) is 9.23. The van der Waals surface area contributed by atoms with Crippen LogP contribution in [0.3, 0.4) is 0 Å². The Labute approximate surface area is 206 Å². The number of hydrogen-bond donors (Lipinski definition) is 2. The summed E-state index contributed by atoms with van der Waals surface area (Å²) >= 11 is 14.7. The first-order valence-corrected chi connectivity index (χ1v) is 12.2. The maximum atomic E-state index is 13.7. The zero-order valence-corrected chi connectivity index (χ0v) is 20.7. The number of benzene rings is 2. The fourth-order valence-electron chi connectivity index (χ4n) is 3.70. The first-order chi connectivity index (χ1) is 15.9. The fraction of sp³-hybridized carbons (Fsp3) is 0.261. The molecule has 3 aromatic rings. The Morgan fingerprint density at radius 2 is 1.91 bits per heavy atom. The number of carbonyl (C=O) groups is 1. The normalized spacial score (nSPS) is 15.1. The van der Waals surface area contributed by atoms with E-state index in [-0.39, 0.29) is 5.91 Å². The lowest BCUT2D eigenvalue weighted by molar-refractivity contribution is -0.113. The lowest BCUT2D eigenvalue weighted by atomic mass is 9.94. The van der Waals surface area contributed by atoms with Gasteiger partial charge in [0.2, 0.25) is 11.1 Å². The van der Waals surface area contributed by atoms with Crippen molar-refractivity contribution >= 4 is 52.5 Å². The number of nitrogens with one attached hydrogen (secondary N) is 2. The molecule has 2 heterocycles. The number of thioether (sulfide) groups is 1. The zero-order valence-electron chi connectivity index (χ0n) is 18.4. The highest BCUT2D eigenvalue weighted by Crippen LogP contribution is 2.42. The summed E-state index contributed by atoms with van der Waals surface area (Å²) in [5, 5.41) is 12.3. The van der Waals surface area contributed by atoms with Crippen LogP contribution in [0.15, 0.2) is 58.9 Å². The highest BCUT2D eigenvalue weighted by molar-refractivity contribution is 7.99. The predicted molar refractivity (Wildman–Crippen MR) is 134 cm³/mol. The van der Waals surface area contributed by atoms with Crippen molar-refractivity contribution in [2.24, 2.45) is 0 Å². The summed E-state index contributed by atoms with van der Waals surface area (Å²) in [6.07, 6.45) is 0. The van der Waals surface area contributed by atoms with E-state index in [1.54, 1.807) is 28.9 Å². The molecule has 0 fully saturated rings. The number of amides is 1. The average Bonchev–Trinajstić information content (AvgIpc) is 3.17. The minimum Gasteiger partial charge on any atom is -0.492 e. The molecule has 172 valence electrons. The number of aromatic nitrogens is 3. The minimum absolute atomic E-state index is 0.320. The summed E-state index contributed by atoms with van der Waals surface area (Å²) in [5.41, 5.74) is 2.22. The minimum atomic E-state index is -0.666. The maximum absolute atomic E-state index is 13.7. The van der Waals surface area contributed by atoms with Crippen molar-refractivity contribution in [1.82, 2.24) is 14.8 Å². The van der Waals surface area contributed by atoms with Crippen LogP contribution in [0, 0.1) is 0 Å². The fourth-order valence-corrected chi connectivity index (χ4v) is 4.85. The molecular weight excluding hydrogens is 481 g/mol. The summed E-state index contributed by atoms with van der Waals surface area (Å²) in [4.78, 5) is 18.2. The maximum Gasteiger partial charge on any atom is 0.255 e.